The molecule has 6 nitrogen and oxygen atoms in total. The summed E-state index contributed by atoms with van der Waals surface area (Å²) in [6.45, 7) is 3.31. The van der Waals surface area contributed by atoms with Crippen LogP contribution in [0.1, 0.15) is 5.69 Å². The van der Waals surface area contributed by atoms with Crippen molar-refractivity contribution < 1.29 is 0 Å². The minimum atomic E-state index is 0.290. The number of halogens is 1. The Morgan fingerprint density at radius 3 is 2.48 bits per heavy atom. The van der Waals surface area contributed by atoms with Gasteiger partial charge in [-0.15, -0.1) is 0 Å². The Kier molecular flexibility index (Phi) is 4.86. The zero-order valence-corrected chi connectivity index (χ0v) is 13.9. The Bertz CT molecular complexity index is 722. The fraction of sp³-hybridized carbons (Fsp3) is 0.267. The van der Waals surface area contributed by atoms with Gasteiger partial charge in [0.15, 0.2) is 0 Å². The second-order valence-corrected chi connectivity index (χ2v) is 6.62. The predicted octanol–water partition coefficient (Wildman–Crippen LogP) is 2.41. The van der Waals surface area contributed by atoms with Crippen LogP contribution in [0.25, 0.3) is 0 Å². The molecule has 0 aliphatic carbocycles. The van der Waals surface area contributed by atoms with Crippen LogP contribution in [-0.2, 0) is 0 Å². The lowest BCUT2D eigenvalue weighted by molar-refractivity contribution is 0.426. The first-order valence-electron chi connectivity index (χ1n) is 7.12. The summed E-state index contributed by atoms with van der Waals surface area (Å²) in [6.07, 6.45) is 0. The van der Waals surface area contributed by atoms with Gasteiger partial charge in [-0.1, -0.05) is 11.6 Å². The van der Waals surface area contributed by atoms with E-state index in [1.54, 1.807) is 11.9 Å². The summed E-state index contributed by atoms with van der Waals surface area (Å²) in [7, 11) is 0. The maximum atomic E-state index is 8.97. The van der Waals surface area contributed by atoms with Crippen LogP contribution in [-0.4, -0.2) is 40.5 Å². The summed E-state index contributed by atoms with van der Waals surface area (Å²) in [5, 5.41) is 9.27. The molecule has 1 aliphatic heterocycles. The van der Waals surface area contributed by atoms with E-state index in [0.29, 0.717) is 16.8 Å². The first-order chi connectivity index (χ1) is 11.1. The molecule has 0 bridgehead atoms. The summed E-state index contributed by atoms with van der Waals surface area (Å²) in [5.41, 5.74) is 6.76. The fourth-order valence-electron chi connectivity index (χ4n) is 2.26. The minimum absolute atomic E-state index is 0.290. The highest BCUT2D eigenvalue weighted by atomic mass is 35.5. The Morgan fingerprint density at radius 1 is 1.13 bits per heavy atom. The van der Waals surface area contributed by atoms with E-state index in [1.807, 2.05) is 35.2 Å². The van der Waals surface area contributed by atoms with E-state index in [2.05, 4.69) is 14.3 Å². The van der Waals surface area contributed by atoms with E-state index < -0.39 is 0 Å². The number of benzene rings is 1. The molecule has 118 valence electrons. The molecule has 0 amide bonds. The molecule has 1 saturated heterocycles. The zero-order chi connectivity index (χ0) is 16.2. The zero-order valence-electron chi connectivity index (χ0n) is 12.3. The third kappa shape index (κ3) is 4.05. The lowest BCUT2D eigenvalue weighted by atomic mass is 10.3. The normalized spacial score (nSPS) is 15.4. The average Bonchev–Trinajstić information content (AvgIpc) is 2.57. The van der Waals surface area contributed by atoms with E-state index in [1.165, 1.54) is 11.0 Å². The van der Waals surface area contributed by atoms with Gasteiger partial charge in [0.1, 0.15) is 16.9 Å². The van der Waals surface area contributed by atoms with Crippen LogP contribution in [0.15, 0.2) is 35.2 Å². The van der Waals surface area contributed by atoms with Crippen molar-refractivity contribution in [1.82, 2.24) is 14.3 Å². The molecule has 1 fully saturated rings. The summed E-state index contributed by atoms with van der Waals surface area (Å²) in [5.74, 6) is 0.520. The Morgan fingerprint density at radius 2 is 1.83 bits per heavy atom. The highest BCUT2D eigenvalue weighted by Gasteiger charge is 2.20. The van der Waals surface area contributed by atoms with Crippen molar-refractivity contribution in [2.75, 3.05) is 36.8 Å². The van der Waals surface area contributed by atoms with Crippen LogP contribution < -0.4 is 10.6 Å². The molecule has 23 heavy (non-hydrogen) atoms. The molecule has 1 aromatic carbocycles. The van der Waals surface area contributed by atoms with E-state index in [9.17, 15) is 0 Å². The highest BCUT2D eigenvalue weighted by Crippen LogP contribution is 2.25. The standard InChI is InChI=1S/C15H15ClN6S/c16-14-9-12(10-17)19-15(20-14)21-5-7-22(8-6-21)23-13-3-1-11(18)2-4-13/h1-4,9H,5-8,18H2. The number of aromatic nitrogens is 2. The van der Waals surface area contributed by atoms with Crippen LogP contribution in [0, 0.1) is 11.3 Å². The number of anilines is 2. The van der Waals surface area contributed by atoms with Gasteiger partial charge < -0.3 is 10.6 Å². The second-order valence-electron chi connectivity index (χ2n) is 5.06. The first kappa shape index (κ1) is 15.9. The van der Waals surface area contributed by atoms with Crippen molar-refractivity contribution >= 4 is 35.2 Å². The number of nitrogen functional groups attached to an aromatic ring is 1. The number of nitriles is 1. The average molecular weight is 347 g/mol. The van der Waals surface area contributed by atoms with Crippen LogP contribution in [0.3, 0.4) is 0 Å². The van der Waals surface area contributed by atoms with Crippen molar-refractivity contribution in [3.63, 3.8) is 0 Å². The molecule has 0 spiro atoms. The van der Waals surface area contributed by atoms with Crippen molar-refractivity contribution in [2.45, 2.75) is 4.90 Å². The van der Waals surface area contributed by atoms with E-state index in [0.717, 1.165) is 31.9 Å². The van der Waals surface area contributed by atoms with Crippen molar-refractivity contribution in [2.24, 2.45) is 0 Å². The maximum Gasteiger partial charge on any atom is 0.228 e. The molecule has 8 heteroatoms. The third-order valence-corrected chi connectivity index (χ3v) is 4.73. The molecular weight excluding hydrogens is 332 g/mol. The minimum Gasteiger partial charge on any atom is -0.399 e. The molecule has 2 aromatic rings. The lowest BCUT2D eigenvalue weighted by Gasteiger charge is -2.33. The van der Waals surface area contributed by atoms with Crippen molar-refractivity contribution in [3.8, 4) is 6.07 Å². The number of hydrogen-bond acceptors (Lipinski definition) is 7. The third-order valence-electron chi connectivity index (χ3n) is 3.43. The van der Waals surface area contributed by atoms with Gasteiger partial charge >= 0.3 is 0 Å². The number of piperazine rings is 1. The summed E-state index contributed by atoms with van der Waals surface area (Å²) < 4.78 is 2.29. The van der Waals surface area contributed by atoms with Gasteiger partial charge in [-0.25, -0.2) is 14.3 Å². The second kappa shape index (κ2) is 7.04. The van der Waals surface area contributed by atoms with E-state index in [4.69, 9.17) is 22.6 Å². The first-order valence-corrected chi connectivity index (χ1v) is 8.27. The fourth-order valence-corrected chi connectivity index (χ4v) is 3.34. The van der Waals surface area contributed by atoms with Crippen molar-refractivity contribution in [3.05, 3.63) is 41.2 Å². The summed E-state index contributed by atoms with van der Waals surface area (Å²) in [4.78, 5) is 11.7. The predicted molar refractivity (Wildman–Crippen MR) is 92.3 cm³/mol. The molecule has 0 atom stereocenters. The molecular formula is C15H15ClN6S. The van der Waals surface area contributed by atoms with Gasteiger partial charge in [-0.2, -0.15) is 5.26 Å². The van der Waals surface area contributed by atoms with Gasteiger partial charge in [-0.3, -0.25) is 0 Å². The highest BCUT2D eigenvalue weighted by molar-refractivity contribution is 7.97. The van der Waals surface area contributed by atoms with Crippen LogP contribution in [0.2, 0.25) is 5.15 Å². The molecule has 1 aliphatic rings. The monoisotopic (exact) mass is 346 g/mol. The van der Waals surface area contributed by atoms with Gasteiger partial charge in [-0.05, 0) is 36.2 Å². The number of rotatable bonds is 3. The van der Waals surface area contributed by atoms with Crippen LogP contribution in [0.4, 0.5) is 11.6 Å². The van der Waals surface area contributed by atoms with Gasteiger partial charge in [0, 0.05) is 42.8 Å². The molecule has 3 rings (SSSR count). The Labute approximate surface area is 144 Å². The summed E-state index contributed by atoms with van der Waals surface area (Å²) in [6, 6.07) is 11.3. The van der Waals surface area contributed by atoms with Crippen LogP contribution in [0.5, 0.6) is 0 Å². The molecule has 2 N–H and O–H groups in total. The summed E-state index contributed by atoms with van der Waals surface area (Å²) >= 11 is 7.66. The van der Waals surface area contributed by atoms with Gasteiger partial charge in [0.05, 0.1) is 0 Å². The molecule has 1 aromatic heterocycles. The lowest BCUT2D eigenvalue weighted by Crippen LogP contribution is -2.44. The molecule has 0 unspecified atom stereocenters. The maximum absolute atomic E-state index is 8.97. The topological polar surface area (TPSA) is 82.1 Å². The van der Waals surface area contributed by atoms with E-state index in [-0.39, 0.29) is 0 Å². The Hall–Kier alpha value is -2.01. The smallest absolute Gasteiger partial charge is 0.228 e. The van der Waals surface area contributed by atoms with Gasteiger partial charge in [0.25, 0.3) is 0 Å². The van der Waals surface area contributed by atoms with Gasteiger partial charge in [0.2, 0.25) is 5.95 Å². The number of nitrogens with zero attached hydrogens (tertiary/aromatic N) is 5. The quantitative estimate of drug-likeness (QED) is 0.519. The number of hydrogen-bond donors (Lipinski definition) is 1. The Balaban J connectivity index is 1.61. The number of nitrogens with two attached hydrogens (primary N) is 1. The van der Waals surface area contributed by atoms with E-state index >= 15 is 0 Å². The SMILES string of the molecule is N#Cc1cc(Cl)nc(N2CCN(Sc3ccc(N)cc3)CC2)n1. The molecule has 2 heterocycles. The van der Waals surface area contributed by atoms with Crippen molar-refractivity contribution in [1.29, 1.82) is 5.26 Å². The molecule has 0 radical (unpaired) electrons. The molecule has 0 saturated carbocycles. The largest absolute Gasteiger partial charge is 0.399 e. The van der Waals surface area contributed by atoms with Crippen LogP contribution >= 0.6 is 23.5 Å².